The molecule has 4 rings (SSSR count). The van der Waals surface area contributed by atoms with Crippen LogP contribution in [0.4, 0.5) is 18.9 Å². The molecule has 1 aliphatic heterocycles. The van der Waals surface area contributed by atoms with E-state index in [0.29, 0.717) is 0 Å². The zero-order valence-electron chi connectivity index (χ0n) is 18.6. The number of aromatic carboxylic acids is 1. The predicted octanol–water partition coefficient (Wildman–Crippen LogP) is 3.36. The van der Waals surface area contributed by atoms with Crippen molar-refractivity contribution in [1.82, 2.24) is 9.24 Å². The molecule has 2 N–H and O–H groups in total. The lowest BCUT2D eigenvalue weighted by Crippen LogP contribution is -2.50. The van der Waals surface area contributed by atoms with Crippen LogP contribution < -0.4 is 10.3 Å². The molecule has 3 aromatic rings. The summed E-state index contributed by atoms with van der Waals surface area (Å²) in [6.07, 6.45) is 0.975. The summed E-state index contributed by atoms with van der Waals surface area (Å²) in [6, 6.07) is 4.59. The van der Waals surface area contributed by atoms with Crippen molar-refractivity contribution in [3.8, 4) is 5.69 Å². The zero-order valence-corrected chi connectivity index (χ0v) is 19.5. The van der Waals surface area contributed by atoms with Gasteiger partial charge < -0.3 is 24.0 Å². The smallest absolute Gasteiger partial charge is 0.405 e. The van der Waals surface area contributed by atoms with Gasteiger partial charge in [0.05, 0.1) is 11.2 Å². The highest BCUT2D eigenvalue weighted by molar-refractivity contribution is 7.50. The average molecular weight is 511 g/mol. The monoisotopic (exact) mass is 511 g/mol. The molecule has 35 heavy (non-hydrogen) atoms. The minimum absolute atomic E-state index is 0.0217. The van der Waals surface area contributed by atoms with E-state index in [4.69, 9.17) is 4.52 Å². The Bertz CT molecular complexity index is 1450. The molecular weight excluding hydrogens is 490 g/mol. The molecule has 0 aliphatic carbocycles. The first-order valence-electron chi connectivity index (χ1n) is 10.4. The number of benzene rings is 2. The van der Waals surface area contributed by atoms with E-state index in [-0.39, 0.29) is 41.9 Å². The van der Waals surface area contributed by atoms with Gasteiger partial charge in [-0.05, 0) is 31.2 Å². The molecule has 9 nitrogen and oxygen atoms in total. The van der Waals surface area contributed by atoms with Crippen LogP contribution in [0.15, 0.2) is 41.3 Å². The van der Waals surface area contributed by atoms with Gasteiger partial charge in [0.15, 0.2) is 11.6 Å². The fourth-order valence-corrected chi connectivity index (χ4v) is 5.35. The number of nitrogens with zero attached hydrogens (tertiary/aromatic N) is 3. The van der Waals surface area contributed by atoms with Gasteiger partial charge in [-0.15, -0.1) is 0 Å². The van der Waals surface area contributed by atoms with Crippen molar-refractivity contribution in [2.24, 2.45) is 0 Å². The summed E-state index contributed by atoms with van der Waals surface area (Å²) in [5.74, 6) is -4.68. The molecule has 0 bridgehead atoms. The first-order valence-corrected chi connectivity index (χ1v) is 12.0. The molecule has 1 saturated heterocycles. The third kappa shape index (κ3) is 4.45. The predicted molar refractivity (Wildman–Crippen MR) is 122 cm³/mol. The Morgan fingerprint density at radius 3 is 2.43 bits per heavy atom. The summed E-state index contributed by atoms with van der Waals surface area (Å²) in [5.41, 5.74) is -1.46. The summed E-state index contributed by atoms with van der Waals surface area (Å²) in [7, 11) is -2.89. The Hall–Kier alpha value is -3.18. The molecular formula is C22H21F3N3O6P. The number of hydrogen-bond acceptors (Lipinski definition) is 5. The number of carbonyl (C=O) groups is 1. The van der Waals surface area contributed by atoms with Crippen LogP contribution >= 0.6 is 7.75 Å². The van der Waals surface area contributed by atoms with Gasteiger partial charge in [0.1, 0.15) is 11.4 Å². The SMILES string of the molecule is COP(=O)(O)N1CCN(c2cc3c(cc2F)c(=O)c(C(=O)O)cn3-c2ccc(F)c(F)c2)CC1C. The van der Waals surface area contributed by atoms with Crippen molar-refractivity contribution in [2.75, 3.05) is 31.6 Å². The average Bonchev–Trinajstić information content (AvgIpc) is 2.80. The van der Waals surface area contributed by atoms with E-state index in [1.54, 1.807) is 11.8 Å². The van der Waals surface area contributed by atoms with E-state index in [2.05, 4.69) is 0 Å². The van der Waals surface area contributed by atoms with Crippen LogP contribution in [0.1, 0.15) is 17.3 Å². The maximum atomic E-state index is 15.2. The third-order valence-electron chi connectivity index (χ3n) is 5.98. The fourth-order valence-electron chi connectivity index (χ4n) is 4.22. The lowest BCUT2D eigenvalue weighted by atomic mass is 10.1. The molecule has 2 heterocycles. The second-order valence-corrected chi connectivity index (χ2v) is 9.96. The van der Waals surface area contributed by atoms with E-state index < -0.39 is 48.2 Å². The molecule has 186 valence electrons. The molecule has 0 radical (unpaired) electrons. The molecule has 1 aliphatic rings. The second-order valence-electron chi connectivity index (χ2n) is 8.10. The third-order valence-corrected chi connectivity index (χ3v) is 7.70. The van der Waals surface area contributed by atoms with E-state index in [1.807, 2.05) is 0 Å². The first-order chi connectivity index (χ1) is 16.4. The Balaban J connectivity index is 1.88. The van der Waals surface area contributed by atoms with Gasteiger partial charge in [-0.2, -0.15) is 0 Å². The van der Waals surface area contributed by atoms with Crippen molar-refractivity contribution in [3.63, 3.8) is 0 Å². The van der Waals surface area contributed by atoms with Gasteiger partial charge in [0.25, 0.3) is 0 Å². The molecule has 1 fully saturated rings. The largest absolute Gasteiger partial charge is 0.477 e. The maximum Gasteiger partial charge on any atom is 0.405 e. The quantitative estimate of drug-likeness (QED) is 0.502. The summed E-state index contributed by atoms with van der Waals surface area (Å²) < 4.78 is 62.0. The number of halogens is 3. The van der Waals surface area contributed by atoms with Gasteiger partial charge in [-0.1, -0.05) is 0 Å². The van der Waals surface area contributed by atoms with E-state index in [0.717, 1.165) is 31.5 Å². The van der Waals surface area contributed by atoms with Crippen LogP contribution in [0.3, 0.4) is 0 Å². The summed E-state index contributed by atoms with van der Waals surface area (Å²) in [4.78, 5) is 36.0. The molecule has 2 atom stereocenters. The zero-order chi connectivity index (χ0) is 25.7. The van der Waals surface area contributed by atoms with Crippen molar-refractivity contribution < 1.29 is 37.1 Å². The number of anilines is 1. The molecule has 0 spiro atoms. The van der Waals surface area contributed by atoms with E-state index in [9.17, 15) is 32.9 Å². The van der Waals surface area contributed by atoms with Gasteiger partial charge >= 0.3 is 13.7 Å². The van der Waals surface area contributed by atoms with Crippen LogP contribution in [-0.2, 0) is 9.09 Å². The van der Waals surface area contributed by atoms with Crippen LogP contribution in [0.25, 0.3) is 16.6 Å². The van der Waals surface area contributed by atoms with Gasteiger partial charge in [-0.25, -0.2) is 27.2 Å². The lowest BCUT2D eigenvalue weighted by molar-refractivity contribution is 0.0695. The molecule has 13 heteroatoms. The number of pyridine rings is 1. The summed E-state index contributed by atoms with van der Waals surface area (Å²) in [6.45, 7) is 2.03. The highest BCUT2D eigenvalue weighted by atomic mass is 31.2. The fraction of sp³-hybridized carbons (Fsp3) is 0.273. The van der Waals surface area contributed by atoms with Crippen molar-refractivity contribution in [3.05, 3.63) is 69.8 Å². The number of aromatic nitrogens is 1. The van der Waals surface area contributed by atoms with E-state index in [1.165, 1.54) is 21.4 Å². The molecule has 2 unspecified atom stereocenters. The molecule has 0 saturated carbocycles. The second kappa shape index (κ2) is 9.12. The molecule has 1 aromatic heterocycles. The number of fused-ring (bicyclic) bond motifs is 1. The normalized spacial score (nSPS) is 18.6. The van der Waals surface area contributed by atoms with Crippen molar-refractivity contribution >= 4 is 30.3 Å². The number of carboxylic acid groups (broad SMARTS) is 1. The van der Waals surface area contributed by atoms with Crippen molar-refractivity contribution in [1.29, 1.82) is 0 Å². The minimum atomic E-state index is -4.01. The minimum Gasteiger partial charge on any atom is -0.477 e. The summed E-state index contributed by atoms with van der Waals surface area (Å²) in [5, 5.41) is 9.19. The standard InChI is InChI=1S/C22H21F3N3O6P/c1-12-10-26(5-6-28(12)35(32,33)34-2)20-9-19-14(8-18(20)25)21(29)15(22(30)31)11-27(19)13-3-4-16(23)17(24)7-13/h3-4,7-9,11-12H,5-6,10H2,1-2H3,(H,30,31)(H,32,33). The topological polar surface area (TPSA) is 112 Å². The highest BCUT2D eigenvalue weighted by Gasteiger charge is 2.37. The first kappa shape index (κ1) is 24.9. The van der Waals surface area contributed by atoms with Crippen LogP contribution in [0.5, 0.6) is 0 Å². The number of hydrogen-bond donors (Lipinski definition) is 2. The lowest BCUT2D eigenvalue weighted by Gasteiger charge is -2.41. The number of piperazine rings is 1. The Kier molecular flexibility index (Phi) is 6.50. The Morgan fingerprint density at radius 2 is 1.83 bits per heavy atom. The Morgan fingerprint density at radius 1 is 1.11 bits per heavy atom. The van der Waals surface area contributed by atoms with Gasteiger partial charge in [0, 0.05) is 56.1 Å². The highest BCUT2D eigenvalue weighted by Crippen LogP contribution is 2.48. The van der Waals surface area contributed by atoms with Gasteiger partial charge in [-0.3, -0.25) is 4.79 Å². The number of rotatable bonds is 5. The maximum absolute atomic E-state index is 15.2. The van der Waals surface area contributed by atoms with Crippen LogP contribution in [-0.4, -0.2) is 58.0 Å². The molecule has 2 aromatic carbocycles. The van der Waals surface area contributed by atoms with Gasteiger partial charge in [0.2, 0.25) is 5.43 Å². The van der Waals surface area contributed by atoms with E-state index >= 15 is 4.39 Å². The van der Waals surface area contributed by atoms with Crippen LogP contribution in [0, 0.1) is 17.5 Å². The number of carboxylic acids is 1. The molecule has 0 amide bonds. The van der Waals surface area contributed by atoms with Crippen LogP contribution in [0.2, 0.25) is 0 Å². The van der Waals surface area contributed by atoms with Crippen molar-refractivity contribution in [2.45, 2.75) is 13.0 Å². The Labute approximate surface area is 197 Å². The summed E-state index contributed by atoms with van der Waals surface area (Å²) >= 11 is 0.